The third-order valence-electron chi connectivity index (χ3n) is 4.41. The minimum Gasteiger partial charge on any atom is -0.436 e. The maximum absolute atomic E-state index is 12.7. The van der Waals surface area contributed by atoms with E-state index in [-0.39, 0.29) is 16.1 Å². The van der Waals surface area contributed by atoms with Crippen LogP contribution in [0.25, 0.3) is 22.8 Å². The minimum atomic E-state index is -3.91. The molecule has 0 unspecified atom stereocenters. The number of para-hydroxylation sites is 1. The summed E-state index contributed by atoms with van der Waals surface area (Å²) in [6, 6.07) is 21.8. The van der Waals surface area contributed by atoms with Gasteiger partial charge >= 0.3 is 0 Å². The van der Waals surface area contributed by atoms with E-state index in [0.717, 1.165) is 5.56 Å². The number of benzene rings is 3. The monoisotopic (exact) mass is 419 g/mol. The Morgan fingerprint density at radius 3 is 2.23 bits per heavy atom. The van der Waals surface area contributed by atoms with Crippen LogP contribution < -0.4 is 10.5 Å². The van der Waals surface area contributed by atoms with E-state index < -0.39 is 15.9 Å². The zero-order chi connectivity index (χ0) is 21.1. The van der Waals surface area contributed by atoms with Gasteiger partial charge in [-0.2, -0.15) is 0 Å². The van der Waals surface area contributed by atoms with Crippen LogP contribution >= 0.6 is 0 Å². The van der Waals surface area contributed by atoms with Crippen molar-refractivity contribution in [2.24, 2.45) is 5.73 Å². The molecule has 4 rings (SSSR count). The first-order valence-corrected chi connectivity index (χ1v) is 10.5. The van der Waals surface area contributed by atoms with Crippen LogP contribution in [0.1, 0.15) is 10.4 Å². The molecule has 0 atom stereocenters. The van der Waals surface area contributed by atoms with E-state index in [0.29, 0.717) is 17.2 Å². The van der Waals surface area contributed by atoms with Crippen molar-refractivity contribution in [1.29, 1.82) is 0 Å². The van der Waals surface area contributed by atoms with E-state index in [9.17, 15) is 13.2 Å². The molecule has 30 heavy (non-hydrogen) atoms. The Bertz CT molecular complexity index is 1300. The summed E-state index contributed by atoms with van der Waals surface area (Å²) in [4.78, 5) is 15.8. The summed E-state index contributed by atoms with van der Waals surface area (Å²) >= 11 is 0. The van der Waals surface area contributed by atoms with Crippen LogP contribution in [0.15, 0.2) is 94.4 Å². The summed E-state index contributed by atoms with van der Waals surface area (Å²) in [6.07, 6.45) is 1.62. The van der Waals surface area contributed by atoms with Crippen molar-refractivity contribution in [3.63, 3.8) is 0 Å². The number of carbonyl (C=O) groups is 1. The molecule has 1 amide bonds. The number of sulfonamides is 1. The Hall–Kier alpha value is -3.91. The second kappa shape index (κ2) is 7.84. The van der Waals surface area contributed by atoms with Gasteiger partial charge in [-0.05, 0) is 36.4 Å². The molecule has 0 aliphatic carbocycles. The highest BCUT2D eigenvalue weighted by Gasteiger charge is 2.18. The van der Waals surface area contributed by atoms with Crippen molar-refractivity contribution in [3.8, 4) is 22.8 Å². The van der Waals surface area contributed by atoms with Gasteiger partial charge in [-0.1, -0.05) is 42.5 Å². The molecule has 1 aromatic heterocycles. The third kappa shape index (κ3) is 3.94. The highest BCUT2D eigenvalue weighted by Crippen LogP contribution is 2.27. The number of oxazole rings is 1. The lowest BCUT2D eigenvalue weighted by atomic mass is 10.2. The lowest BCUT2D eigenvalue weighted by molar-refractivity contribution is 0.100. The molecule has 0 saturated carbocycles. The van der Waals surface area contributed by atoms with Crippen molar-refractivity contribution in [2.75, 3.05) is 4.72 Å². The van der Waals surface area contributed by atoms with Crippen LogP contribution in [0.4, 0.5) is 5.69 Å². The Kier molecular flexibility index (Phi) is 5.07. The van der Waals surface area contributed by atoms with Gasteiger partial charge in [0.2, 0.25) is 5.89 Å². The molecule has 0 fully saturated rings. The van der Waals surface area contributed by atoms with Gasteiger partial charge in [0.1, 0.15) is 0 Å². The van der Waals surface area contributed by atoms with E-state index in [1.165, 1.54) is 24.3 Å². The van der Waals surface area contributed by atoms with Gasteiger partial charge in [-0.3, -0.25) is 9.52 Å². The number of rotatable bonds is 6. The molecule has 3 aromatic carbocycles. The van der Waals surface area contributed by atoms with Crippen LogP contribution in [0, 0.1) is 0 Å². The van der Waals surface area contributed by atoms with Gasteiger partial charge in [0.25, 0.3) is 15.9 Å². The SMILES string of the molecule is NC(=O)c1ccccc1NS(=O)(=O)c1ccc(-c2ncc(-c3ccccc3)o2)cc1. The number of nitrogens with two attached hydrogens (primary N) is 1. The van der Waals surface area contributed by atoms with Crippen LogP contribution in [-0.4, -0.2) is 19.3 Å². The molecular weight excluding hydrogens is 402 g/mol. The molecular formula is C22H17N3O4S. The molecule has 0 aliphatic rings. The van der Waals surface area contributed by atoms with E-state index >= 15 is 0 Å². The molecule has 0 aliphatic heterocycles. The van der Waals surface area contributed by atoms with E-state index in [1.807, 2.05) is 30.3 Å². The Morgan fingerprint density at radius 2 is 1.53 bits per heavy atom. The third-order valence-corrected chi connectivity index (χ3v) is 5.79. The molecule has 4 aromatic rings. The van der Waals surface area contributed by atoms with Gasteiger partial charge in [0.05, 0.1) is 22.3 Å². The predicted octanol–water partition coefficient (Wildman–Crippen LogP) is 3.91. The van der Waals surface area contributed by atoms with Gasteiger partial charge in [0.15, 0.2) is 5.76 Å². The van der Waals surface area contributed by atoms with Crippen molar-refractivity contribution in [2.45, 2.75) is 4.90 Å². The second-order valence-electron chi connectivity index (χ2n) is 6.44. The standard InChI is InChI=1S/C22H17N3O4S/c23-21(26)18-8-4-5-9-19(18)25-30(27,28)17-12-10-16(11-13-17)22-24-14-20(29-22)15-6-2-1-3-7-15/h1-14,25H,(H2,23,26). The zero-order valence-electron chi connectivity index (χ0n) is 15.6. The summed E-state index contributed by atoms with van der Waals surface area (Å²) in [5.41, 5.74) is 7.05. The second-order valence-corrected chi connectivity index (χ2v) is 8.12. The maximum Gasteiger partial charge on any atom is 0.261 e. The summed E-state index contributed by atoms with van der Waals surface area (Å²) in [5.74, 6) is 0.276. The first-order valence-electron chi connectivity index (χ1n) is 8.97. The Morgan fingerprint density at radius 1 is 0.867 bits per heavy atom. The van der Waals surface area contributed by atoms with Crippen molar-refractivity contribution >= 4 is 21.6 Å². The van der Waals surface area contributed by atoms with Crippen LogP contribution in [0.3, 0.4) is 0 Å². The molecule has 0 saturated heterocycles. The molecule has 0 bridgehead atoms. The van der Waals surface area contributed by atoms with Crippen molar-refractivity contribution < 1.29 is 17.6 Å². The number of aromatic nitrogens is 1. The lowest BCUT2D eigenvalue weighted by Crippen LogP contribution is -2.18. The van der Waals surface area contributed by atoms with Gasteiger partial charge in [0, 0.05) is 11.1 Å². The average molecular weight is 419 g/mol. The number of primary amides is 1. The van der Waals surface area contributed by atoms with E-state index in [1.54, 1.807) is 30.5 Å². The minimum absolute atomic E-state index is 0.0281. The summed E-state index contributed by atoms with van der Waals surface area (Å²) in [6.45, 7) is 0. The topological polar surface area (TPSA) is 115 Å². The molecule has 8 heteroatoms. The number of nitrogens with one attached hydrogen (secondary N) is 1. The molecule has 0 spiro atoms. The van der Waals surface area contributed by atoms with E-state index in [4.69, 9.17) is 10.2 Å². The fourth-order valence-electron chi connectivity index (χ4n) is 2.91. The largest absolute Gasteiger partial charge is 0.436 e. The van der Waals surface area contributed by atoms with Gasteiger partial charge < -0.3 is 10.2 Å². The molecule has 150 valence electrons. The van der Waals surface area contributed by atoms with Gasteiger partial charge in [-0.25, -0.2) is 13.4 Å². The summed E-state index contributed by atoms with van der Waals surface area (Å²) in [5, 5.41) is 0. The molecule has 1 heterocycles. The summed E-state index contributed by atoms with van der Waals surface area (Å²) < 4.78 is 33.6. The van der Waals surface area contributed by atoms with Crippen LogP contribution in [0.5, 0.6) is 0 Å². The first kappa shape index (κ1) is 19.4. The van der Waals surface area contributed by atoms with Gasteiger partial charge in [-0.15, -0.1) is 0 Å². The fraction of sp³-hybridized carbons (Fsp3) is 0. The quantitative estimate of drug-likeness (QED) is 0.492. The maximum atomic E-state index is 12.7. The highest BCUT2D eigenvalue weighted by atomic mass is 32.2. The average Bonchev–Trinajstić information content (AvgIpc) is 3.25. The fourth-order valence-corrected chi connectivity index (χ4v) is 3.99. The lowest BCUT2D eigenvalue weighted by Gasteiger charge is -2.11. The Labute approximate surface area is 173 Å². The van der Waals surface area contributed by atoms with Crippen molar-refractivity contribution in [3.05, 3.63) is 90.6 Å². The number of anilines is 1. The molecule has 0 radical (unpaired) electrons. The van der Waals surface area contributed by atoms with Crippen molar-refractivity contribution in [1.82, 2.24) is 4.98 Å². The van der Waals surface area contributed by atoms with E-state index in [2.05, 4.69) is 9.71 Å². The molecule has 3 N–H and O–H groups in total. The number of hydrogen-bond acceptors (Lipinski definition) is 5. The number of amides is 1. The summed E-state index contributed by atoms with van der Waals surface area (Å²) in [7, 11) is -3.91. The van der Waals surface area contributed by atoms with Crippen LogP contribution in [-0.2, 0) is 10.0 Å². The Balaban J connectivity index is 1.58. The number of carbonyl (C=O) groups excluding carboxylic acids is 1. The first-order chi connectivity index (χ1) is 14.4. The zero-order valence-corrected chi connectivity index (χ0v) is 16.5. The normalized spacial score (nSPS) is 11.2. The molecule has 7 nitrogen and oxygen atoms in total. The van der Waals surface area contributed by atoms with Crippen LogP contribution in [0.2, 0.25) is 0 Å². The predicted molar refractivity (Wildman–Crippen MR) is 113 cm³/mol. The highest BCUT2D eigenvalue weighted by molar-refractivity contribution is 7.92. The number of hydrogen-bond donors (Lipinski definition) is 2. The number of nitrogens with zero attached hydrogens (tertiary/aromatic N) is 1. The smallest absolute Gasteiger partial charge is 0.261 e.